The van der Waals surface area contributed by atoms with E-state index in [0.717, 1.165) is 29.8 Å². The van der Waals surface area contributed by atoms with Crippen molar-refractivity contribution in [3.8, 4) is 0 Å². The van der Waals surface area contributed by atoms with Crippen LogP contribution in [0.1, 0.15) is 55.1 Å². The fraction of sp³-hybridized carbons (Fsp3) is 0.529. The maximum atomic E-state index is 4.66. The zero-order valence-corrected chi connectivity index (χ0v) is 18.7. The van der Waals surface area contributed by atoms with Crippen LogP contribution in [0.2, 0.25) is 0 Å². The van der Waals surface area contributed by atoms with Gasteiger partial charge in [0.1, 0.15) is 5.01 Å². The average molecular weight is 478 g/mol. The molecule has 2 aromatic heterocycles. The van der Waals surface area contributed by atoms with Gasteiger partial charge in [0.15, 0.2) is 5.96 Å². The Morgan fingerprint density at radius 2 is 2.04 bits per heavy atom. The lowest BCUT2D eigenvalue weighted by molar-refractivity contribution is 0.709. The summed E-state index contributed by atoms with van der Waals surface area (Å²) in [5.74, 6) is 1.81. The number of nitrogens with zero attached hydrogens (tertiary/aromatic N) is 2. The van der Waals surface area contributed by atoms with Gasteiger partial charge in [-0.2, -0.15) is 0 Å². The molecule has 0 aliphatic heterocycles. The smallest absolute Gasteiger partial charge is 0.191 e. The van der Waals surface area contributed by atoms with Crippen LogP contribution in [0.5, 0.6) is 0 Å². The lowest BCUT2D eigenvalue weighted by Crippen LogP contribution is -2.39. The number of rotatable bonds is 7. The number of nitrogens with one attached hydrogen (secondary N) is 2. The predicted octanol–water partition coefficient (Wildman–Crippen LogP) is 4.80. The predicted molar refractivity (Wildman–Crippen MR) is 117 cm³/mol. The van der Waals surface area contributed by atoms with Crippen molar-refractivity contribution in [1.82, 2.24) is 15.6 Å². The van der Waals surface area contributed by atoms with E-state index >= 15 is 0 Å². The molecule has 2 N–H and O–H groups in total. The molecule has 4 nitrogen and oxygen atoms in total. The molecule has 0 aromatic carbocycles. The van der Waals surface area contributed by atoms with Crippen molar-refractivity contribution in [2.75, 3.05) is 13.1 Å². The van der Waals surface area contributed by atoms with Crippen molar-refractivity contribution in [3.05, 3.63) is 38.5 Å². The zero-order valence-electron chi connectivity index (χ0n) is 14.7. The van der Waals surface area contributed by atoms with E-state index in [-0.39, 0.29) is 24.0 Å². The van der Waals surface area contributed by atoms with Crippen molar-refractivity contribution in [3.63, 3.8) is 0 Å². The van der Waals surface area contributed by atoms with Gasteiger partial charge in [0, 0.05) is 29.3 Å². The molecule has 0 amide bonds. The minimum Gasteiger partial charge on any atom is -0.357 e. The third-order valence-electron chi connectivity index (χ3n) is 3.48. The summed E-state index contributed by atoms with van der Waals surface area (Å²) >= 11 is 3.49. The molecule has 24 heavy (non-hydrogen) atoms. The second kappa shape index (κ2) is 11.0. The number of guanidine groups is 1. The fourth-order valence-corrected chi connectivity index (χ4v) is 3.74. The highest BCUT2D eigenvalue weighted by Crippen LogP contribution is 2.20. The molecule has 134 valence electrons. The molecule has 0 aliphatic rings. The van der Waals surface area contributed by atoms with Crippen LogP contribution in [-0.4, -0.2) is 24.0 Å². The number of thiophene rings is 1. The van der Waals surface area contributed by atoms with E-state index in [1.165, 1.54) is 4.88 Å². The van der Waals surface area contributed by atoms with Crippen molar-refractivity contribution in [2.24, 2.45) is 4.99 Å². The van der Waals surface area contributed by atoms with E-state index in [4.69, 9.17) is 0 Å². The summed E-state index contributed by atoms with van der Waals surface area (Å²) in [6.07, 6.45) is 0. The summed E-state index contributed by atoms with van der Waals surface area (Å²) in [4.78, 5) is 10.7. The van der Waals surface area contributed by atoms with Crippen LogP contribution >= 0.6 is 46.7 Å². The summed E-state index contributed by atoms with van der Waals surface area (Å²) in [7, 11) is 0. The quantitative estimate of drug-likeness (QED) is 0.341. The third kappa shape index (κ3) is 6.68. The standard InChI is InChI=1S/C17H26N4S2.HI/c1-5-18-17(19-9-13(4)15-7-6-8-22-15)20-10-16-21-14(11-23-16)12(2)3;/h6-8,11-13H,5,9-10H2,1-4H3,(H2,18,19,20);1H. The van der Waals surface area contributed by atoms with Crippen molar-refractivity contribution >= 4 is 52.6 Å². The summed E-state index contributed by atoms with van der Waals surface area (Å²) in [6, 6.07) is 4.29. The molecule has 0 bridgehead atoms. The van der Waals surface area contributed by atoms with Crippen LogP contribution in [0, 0.1) is 0 Å². The summed E-state index contributed by atoms with van der Waals surface area (Å²) < 4.78 is 0. The second-order valence-electron chi connectivity index (χ2n) is 5.81. The summed E-state index contributed by atoms with van der Waals surface area (Å²) in [6.45, 7) is 11.0. The average Bonchev–Trinajstić information content (AvgIpc) is 3.20. The van der Waals surface area contributed by atoms with Crippen molar-refractivity contribution in [2.45, 2.75) is 46.1 Å². The molecule has 0 saturated heterocycles. The third-order valence-corrected chi connectivity index (χ3v) is 5.44. The Bertz CT molecular complexity index is 608. The first-order chi connectivity index (χ1) is 11.1. The Labute approximate surface area is 170 Å². The van der Waals surface area contributed by atoms with Gasteiger partial charge in [-0.25, -0.2) is 9.98 Å². The van der Waals surface area contributed by atoms with Crippen LogP contribution in [0.3, 0.4) is 0 Å². The van der Waals surface area contributed by atoms with E-state index in [1.54, 1.807) is 22.7 Å². The lowest BCUT2D eigenvalue weighted by atomic mass is 10.1. The van der Waals surface area contributed by atoms with Crippen molar-refractivity contribution < 1.29 is 0 Å². The fourth-order valence-electron chi connectivity index (χ4n) is 2.07. The summed E-state index contributed by atoms with van der Waals surface area (Å²) in [5, 5.41) is 12.1. The monoisotopic (exact) mass is 478 g/mol. The zero-order chi connectivity index (χ0) is 16.7. The Kier molecular flexibility index (Phi) is 9.84. The van der Waals surface area contributed by atoms with Gasteiger partial charge in [0.25, 0.3) is 0 Å². The second-order valence-corrected chi connectivity index (χ2v) is 7.74. The van der Waals surface area contributed by atoms with E-state index in [0.29, 0.717) is 18.4 Å². The molecule has 7 heteroatoms. The molecular formula is C17H27IN4S2. The van der Waals surface area contributed by atoms with Gasteiger partial charge in [-0.1, -0.05) is 26.8 Å². The number of halogens is 1. The van der Waals surface area contributed by atoms with Gasteiger partial charge in [0.2, 0.25) is 0 Å². The SMILES string of the molecule is CCNC(=NCc1nc(C(C)C)cs1)NCC(C)c1cccs1.I. The van der Waals surface area contributed by atoms with Gasteiger partial charge in [-0.05, 0) is 24.3 Å². The molecule has 0 radical (unpaired) electrons. The van der Waals surface area contributed by atoms with Crippen LogP contribution in [0.15, 0.2) is 27.9 Å². The number of hydrogen-bond donors (Lipinski definition) is 2. The maximum Gasteiger partial charge on any atom is 0.191 e. The Morgan fingerprint density at radius 1 is 1.25 bits per heavy atom. The first kappa shape index (κ1) is 21.4. The van der Waals surface area contributed by atoms with Gasteiger partial charge in [-0.3, -0.25) is 0 Å². The molecule has 0 spiro atoms. The van der Waals surface area contributed by atoms with Crippen LogP contribution in [0.25, 0.3) is 0 Å². The Hall–Kier alpha value is -0.670. The van der Waals surface area contributed by atoms with E-state index in [2.05, 4.69) is 71.2 Å². The Morgan fingerprint density at radius 3 is 2.62 bits per heavy atom. The number of aromatic nitrogens is 1. The van der Waals surface area contributed by atoms with Crippen LogP contribution in [0.4, 0.5) is 0 Å². The van der Waals surface area contributed by atoms with Gasteiger partial charge in [-0.15, -0.1) is 46.7 Å². The van der Waals surface area contributed by atoms with Crippen molar-refractivity contribution in [1.29, 1.82) is 0 Å². The first-order valence-corrected chi connectivity index (χ1v) is 9.86. The van der Waals surface area contributed by atoms with Gasteiger partial charge < -0.3 is 10.6 Å². The van der Waals surface area contributed by atoms with E-state index in [9.17, 15) is 0 Å². The lowest BCUT2D eigenvalue weighted by Gasteiger charge is -2.14. The molecule has 1 atom stereocenters. The van der Waals surface area contributed by atoms with Crippen LogP contribution in [-0.2, 0) is 6.54 Å². The topological polar surface area (TPSA) is 49.3 Å². The molecule has 1 unspecified atom stereocenters. The normalized spacial score (nSPS) is 12.8. The van der Waals surface area contributed by atoms with E-state index in [1.807, 2.05) is 0 Å². The van der Waals surface area contributed by atoms with Gasteiger partial charge in [0.05, 0.1) is 12.2 Å². The van der Waals surface area contributed by atoms with Crippen LogP contribution < -0.4 is 10.6 Å². The molecule has 0 fully saturated rings. The molecule has 2 aromatic rings. The largest absolute Gasteiger partial charge is 0.357 e. The first-order valence-electron chi connectivity index (χ1n) is 8.10. The highest BCUT2D eigenvalue weighted by molar-refractivity contribution is 14.0. The minimum absolute atomic E-state index is 0. The molecule has 2 heterocycles. The van der Waals surface area contributed by atoms with E-state index < -0.39 is 0 Å². The molecule has 0 aliphatic carbocycles. The minimum atomic E-state index is 0. The highest BCUT2D eigenvalue weighted by Gasteiger charge is 2.08. The molecular weight excluding hydrogens is 451 g/mol. The van der Waals surface area contributed by atoms with Gasteiger partial charge >= 0.3 is 0 Å². The number of hydrogen-bond acceptors (Lipinski definition) is 4. The highest BCUT2D eigenvalue weighted by atomic mass is 127. The number of thiazole rings is 1. The maximum absolute atomic E-state index is 4.66. The number of aliphatic imine (C=N–C) groups is 1. The molecule has 2 rings (SSSR count). The summed E-state index contributed by atoms with van der Waals surface area (Å²) in [5.41, 5.74) is 1.16. The molecule has 0 saturated carbocycles. The Balaban J connectivity index is 0.00000288.